The lowest BCUT2D eigenvalue weighted by Gasteiger charge is -2.30. The van der Waals surface area contributed by atoms with Crippen LogP contribution in [-0.2, 0) is 24.4 Å². The van der Waals surface area contributed by atoms with Gasteiger partial charge in [-0.25, -0.2) is 0 Å². The van der Waals surface area contributed by atoms with Crippen molar-refractivity contribution in [3.05, 3.63) is 74.8 Å². The van der Waals surface area contributed by atoms with Gasteiger partial charge in [-0.05, 0) is 67.3 Å². The Labute approximate surface area is 193 Å². The summed E-state index contributed by atoms with van der Waals surface area (Å²) in [7, 11) is 0. The SMILES string of the molecule is CC1CCN(Cc2ccc(CNC(=O)CCn3c(=S)[nH]c4ccccc4c3=O)cc2)CC1. The first-order valence-corrected chi connectivity index (χ1v) is 11.7. The summed E-state index contributed by atoms with van der Waals surface area (Å²) in [6.07, 6.45) is 2.75. The number of carbonyl (C=O) groups excluding carboxylic acids is 1. The van der Waals surface area contributed by atoms with Crippen molar-refractivity contribution in [3.63, 3.8) is 0 Å². The second-order valence-electron chi connectivity index (χ2n) is 8.73. The maximum atomic E-state index is 12.7. The van der Waals surface area contributed by atoms with Gasteiger partial charge < -0.3 is 10.3 Å². The predicted molar refractivity (Wildman–Crippen MR) is 130 cm³/mol. The molecule has 7 heteroatoms. The van der Waals surface area contributed by atoms with E-state index in [1.165, 1.54) is 36.1 Å². The number of aromatic nitrogens is 2. The summed E-state index contributed by atoms with van der Waals surface area (Å²) >= 11 is 5.31. The highest BCUT2D eigenvalue weighted by atomic mass is 32.1. The molecule has 3 aromatic rings. The highest BCUT2D eigenvalue weighted by Gasteiger charge is 2.15. The number of fused-ring (bicyclic) bond motifs is 1. The summed E-state index contributed by atoms with van der Waals surface area (Å²) in [6, 6.07) is 15.7. The first kappa shape index (κ1) is 22.4. The summed E-state index contributed by atoms with van der Waals surface area (Å²) < 4.78 is 1.79. The Morgan fingerprint density at radius 1 is 1.09 bits per heavy atom. The van der Waals surface area contributed by atoms with Gasteiger partial charge >= 0.3 is 0 Å². The number of aromatic amines is 1. The predicted octanol–water partition coefficient (Wildman–Crippen LogP) is 4.00. The largest absolute Gasteiger partial charge is 0.352 e. The smallest absolute Gasteiger partial charge is 0.262 e. The maximum Gasteiger partial charge on any atom is 0.262 e. The molecule has 2 N–H and O–H groups in total. The van der Waals surface area contributed by atoms with Crippen molar-refractivity contribution in [3.8, 4) is 0 Å². The number of nitrogens with zero attached hydrogens (tertiary/aromatic N) is 2. The Balaban J connectivity index is 1.28. The zero-order valence-corrected chi connectivity index (χ0v) is 19.3. The van der Waals surface area contributed by atoms with Gasteiger partial charge in [0, 0.05) is 26.1 Å². The van der Waals surface area contributed by atoms with Gasteiger partial charge in [0.05, 0.1) is 10.9 Å². The van der Waals surface area contributed by atoms with Crippen LogP contribution in [0.4, 0.5) is 0 Å². The van der Waals surface area contributed by atoms with Crippen LogP contribution in [-0.4, -0.2) is 33.4 Å². The van der Waals surface area contributed by atoms with Crippen LogP contribution >= 0.6 is 12.2 Å². The van der Waals surface area contributed by atoms with E-state index in [-0.39, 0.29) is 24.4 Å². The molecule has 2 aromatic carbocycles. The van der Waals surface area contributed by atoms with Crippen LogP contribution in [0.25, 0.3) is 10.9 Å². The van der Waals surface area contributed by atoms with Gasteiger partial charge in [-0.1, -0.05) is 43.3 Å². The Bertz CT molecular complexity index is 1190. The van der Waals surface area contributed by atoms with E-state index in [0.717, 1.165) is 18.0 Å². The Morgan fingerprint density at radius 2 is 1.78 bits per heavy atom. The molecule has 1 aliphatic rings. The van der Waals surface area contributed by atoms with Gasteiger partial charge in [0.2, 0.25) is 5.91 Å². The van der Waals surface area contributed by atoms with Crippen LogP contribution in [0.2, 0.25) is 0 Å². The van der Waals surface area contributed by atoms with Crippen LogP contribution in [0.1, 0.15) is 37.3 Å². The first-order valence-electron chi connectivity index (χ1n) is 11.3. The molecular formula is C25H30N4O2S. The zero-order chi connectivity index (χ0) is 22.5. The van der Waals surface area contributed by atoms with Crippen molar-refractivity contribution in [1.82, 2.24) is 19.8 Å². The zero-order valence-electron chi connectivity index (χ0n) is 18.5. The summed E-state index contributed by atoms with van der Waals surface area (Å²) in [5, 5.41) is 3.51. The van der Waals surface area contributed by atoms with Gasteiger partial charge in [-0.2, -0.15) is 0 Å². The molecule has 0 atom stereocenters. The van der Waals surface area contributed by atoms with Gasteiger partial charge in [0.1, 0.15) is 0 Å². The first-order chi connectivity index (χ1) is 15.5. The van der Waals surface area contributed by atoms with Crippen LogP contribution in [0.5, 0.6) is 0 Å². The summed E-state index contributed by atoms with van der Waals surface area (Å²) in [6.45, 7) is 6.37. The number of piperidine rings is 1. The third-order valence-corrected chi connectivity index (χ3v) is 6.57. The molecule has 0 unspecified atom stereocenters. The van der Waals surface area contributed by atoms with Crippen LogP contribution in [0.15, 0.2) is 53.3 Å². The highest BCUT2D eigenvalue weighted by Crippen LogP contribution is 2.18. The molecule has 6 nitrogen and oxygen atoms in total. The average Bonchev–Trinajstić information content (AvgIpc) is 2.80. The van der Waals surface area contributed by atoms with Crippen LogP contribution < -0.4 is 10.9 Å². The fraction of sp³-hybridized carbons (Fsp3) is 0.400. The molecule has 0 spiro atoms. The van der Waals surface area contributed by atoms with Gasteiger partial charge in [0.15, 0.2) is 4.77 Å². The number of rotatable bonds is 7. The summed E-state index contributed by atoms with van der Waals surface area (Å²) in [5.41, 5.74) is 2.91. The van der Waals surface area contributed by atoms with Gasteiger partial charge in [-0.15, -0.1) is 0 Å². The van der Waals surface area contributed by atoms with Crippen molar-refractivity contribution >= 4 is 29.0 Å². The van der Waals surface area contributed by atoms with E-state index in [2.05, 4.69) is 46.4 Å². The van der Waals surface area contributed by atoms with E-state index >= 15 is 0 Å². The van der Waals surface area contributed by atoms with E-state index in [4.69, 9.17) is 12.2 Å². The molecule has 1 fully saturated rings. The number of nitrogens with one attached hydrogen (secondary N) is 2. The Morgan fingerprint density at radius 3 is 2.53 bits per heavy atom. The molecule has 0 aliphatic carbocycles. The topological polar surface area (TPSA) is 70.1 Å². The molecule has 0 radical (unpaired) electrons. The number of hydrogen-bond donors (Lipinski definition) is 2. The minimum absolute atomic E-state index is 0.106. The lowest BCUT2D eigenvalue weighted by atomic mass is 9.99. The van der Waals surface area contributed by atoms with Gasteiger partial charge in [0.25, 0.3) is 5.56 Å². The van der Waals surface area contributed by atoms with Crippen molar-refractivity contribution in [1.29, 1.82) is 0 Å². The van der Waals surface area contributed by atoms with E-state index in [1.54, 1.807) is 6.07 Å². The Hall–Kier alpha value is -2.77. The van der Waals surface area contributed by atoms with Crippen LogP contribution in [0.3, 0.4) is 0 Å². The van der Waals surface area contributed by atoms with Crippen molar-refractivity contribution in [2.45, 2.75) is 45.8 Å². The minimum Gasteiger partial charge on any atom is -0.352 e. The summed E-state index contributed by atoms with van der Waals surface area (Å²) in [5.74, 6) is 0.735. The molecule has 1 amide bonds. The quantitative estimate of drug-likeness (QED) is 0.534. The Kier molecular flexibility index (Phi) is 7.17. The molecule has 0 bridgehead atoms. The van der Waals surface area contributed by atoms with Crippen LogP contribution in [0, 0.1) is 10.7 Å². The fourth-order valence-electron chi connectivity index (χ4n) is 4.15. The van der Waals surface area contributed by atoms with Crippen molar-refractivity contribution in [2.75, 3.05) is 13.1 Å². The number of para-hydroxylation sites is 1. The lowest BCUT2D eigenvalue weighted by Crippen LogP contribution is -2.32. The third-order valence-electron chi connectivity index (χ3n) is 6.25. The molecule has 32 heavy (non-hydrogen) atoms. The standard InChI is InChI=1S/C25H30N4O2S/c1-18-10-13-28(14-11-18)17-20-8-6-19(7-9-20)16-26-23(30)12-15-29-24(31)21-4-2-3-5-22(21)27-25(29)32/h2-9,18H,10-17H2,1H3,(H,26,30)(H,27,32). The number of benzene rings is 2. The number of H-pyrrole nitrogens is 1. The van der Waals surface area contributed by atoms with Crippen molar-refractivity contribution < 1.29 is 4.79 Å². The number of likely N-dealkylation sites (tertiary alicyclic amines) is 1. The molecule has 1 aliphatic heterocycles. The molecule has 2 heterocycles. The van der Waals surface area contributed by atoms with Gasteiger partial charge in [-0.3, -0.25) is 19.1 Å². The average molecular weight is 451 g/mol. The second kappa shape index (κ2) is 10.2. The minimum atomic E-state index is -0.170. The number of hydrogen-bond acceptors (Lipinski definition) is 4. The highest BCUT2D eigenvalue weighted by molar-refractivity contribution is 7.71. The molecule has 168 valence electrons. The second-order valence-corrected chi connectivity index (χ2v) is 9.12. The lowest BCUT2D eigenvalue weighted by molar-refractivity contribution is -0.121. The van der Waals surface area contributed by atoms with E-state index in [9.17, 15) is 9.59 Å². The van der Waals surface area contributed by atoms with Crippen molar-refractivity contribution in [2.24, 2.45) is 5.92 Å². The summed E-state index contributed by atoms with van der Waals surface area (Å²) in [4.78, 5) is 30.6. The maximum absolute atomic E-state index is 12.7. The van der Waals surface area contributed by atoms with E-state index in [1.807, 2.05) is 18.2 Å². The van der Waals surface area contributed by atoms with E-state index < -0.39 is 0 Å². The molecule has 1 saturated heterocycles. The third kappa shape index (κ3) is 5.53. The number of carbonyl (C=O) groups is 1. The molecule has 0 saturated carbocycles. The fourth-order valence-corrected chi connectivity index (χ4v) is 4.43. The molecular weight excluding hydrogens is 420 g/mol. The normalized spacial score (nSPS) is 15.2. The monoisotopic (exact) mass is 450 g/mol. The molecule has 4 rings (SSSR count). The van der Waals surface area contributed by atoms with E-state index in [0.29, 0.717) is 22.2 Å². The number of amides is 1. The molecule has 1 aromatic heterocycles.